The molecule has 0 saturated carbocycles. The summed E-state index contributed by atoms with van der Waals surface area (Å²) in [6.07, 6.45) is -3.81. The average Bonchev–Trinajstić information content (AvgIpc) is 2.28. The Labute approximate surface area is 102 Å². The van der Waals surface area contributed by atoms with Gasteiger partial charge in [-0.05, 0) is 24.1 Å². The van der Waals surface area contributed by atoms with Crippen LogP contribution < -0.4 is 5.73 Å². The van der Waals surface area contributed by atoms with Crippen molar-refractivity contribution in [3.05, 3.63) is 29.3 Å². The van der Waals surface area contributed by atoms with Crippen molar-refractivity contribution in [2.24, 2.45) is 5.73 Å². The number of nitrogens with two attached hydrogens (primary N) is 1. The highest BCUT2D eigenvalue weighted by atomic mass is 32.2. The van der Waals surface area contributed by atoms with E-state index in [-0.39, 0.29) is 18.7 Å². The van der Waals surface area contributed by atoms with Crippen molar-refractivity contribution < 1.29 is 18.3 Å². The van der Waals surface area contributed by atoms with Crippen LogP contribution in [0.3, 0.4) is 0 Å². The molecule has 0 saturated heterocycles. The van der Waals surface area contributed by atoms with Crippen molar-refractivity contribution in [1.29, 1.82) is 0 Å². The molecule has 2 nitrogen and oxygen atoms in total. The molecule has 0 heterocycles. The van der Waals surface area contributed by atoms with E-state index in [1.165, 1.54) is 17.8 Å². The first-order valence-electron chi connectivity index (χ1n) is 5.13. The van der Waals surface area contributed by atoms with Crippen LogP contribution in [-0.2, 0) is 12.7 Å². The number of aliphatic hydroxyl groups excluding tert-OH is 1. The number of thioether (sulfide) groups is 1. The molecule has 6 heteroatoms. The minimum Gasteiger partial charge on any atom is -0.396 e. The summed E-state index contributed by atoms with van der Waals surface area (Å²) in [7, 11) is 0. The number of hydrogen-bond acceptors (Lipinski definition) is 3. The molecule has 0 radical (unpaired) electrons. The van der Waals surface area contributed by atoms with Crippen molar-refractivity contribution in [3.63, 3.8) is 0 Å². The molecule has 96 valence electrons. The number of aliphatic hydroxyl groups is 1. The third kappa shape index (κ3) is 4.22. The van der Waals surface area contributed by atoms with E-state index in [9.17, 15) is 13.2 Å². The van der Waals surface area contributed by atoms with E-state index >= 15 is 0 Å². The van der Waals surface area contributed by atoms with Crippen molar-refractivity contribution >= 4 is 11.8 Å². The van der Waals surface area contributed by atoms with Crippen LogP contribution in [0.15, 0.2) is 23.1 Å². The maximum atomic E-state index is 12.7. The second-order valence-corrected chi connectivity index (χ2v) is 4.61. The smallest absolute Gasteiger partial charge is 0.396 e. The van der Waals surface area contributed by atoms with Gasteiger partial charge < -0.3 is 10.8 Å². The maximum absolute atomic E-state index is 12.7. The Kier molecular flexibility index (Phi) is 5.30. The first-order valence-corrected chi connectivity index (χ1v) is 6.11. The normalized spacial score (nSPS) is 11.8. The maximum Gasteiger partial charge on any atom is 0.416 e. The predicted molar refractivity (Wildman–Crippen MR) is 61.8 cm³/mol. The molecule has 0 aliphatic heterocycles. The summed E-state index contributed by atoms with van der Waals surface area (Å²) in [6.45, 7) is -0.0869. The minimum atomic E-state index is -4.37. The fraction of sp³-hybridized carbons (Fsp3) is 0.455. The molecule has 17 heavy (non-hydrogen) atoms. The van der Waals surface area contributed by atoms with Crippen LogP contribution in [0.1, 0.15) is 17.5 Å². The molecule has 0 unspecified atom stereocenters. The Morgan fingerprint density at radius 1 is 1.29 bits per heavy atom. The van der Waals surface area contributed by atoms with Gasteiger partial charge in [-0.2, -0.15) is 13.2 Å². The molecule has 1 aromatic carbocycles. The zero-order valence-electron chi connectivity index (χ0n) is 9.13. The largest absolute Gasteiger partial charge is 0.416 e. The van der Waals surface area contributed by atoms with E-state index in [1.807, 2.05) is 0 Å². The van der Waals surface area contributed by atoms with E-state index < -0.39 is 11.7 Å². The predicted octanol–water partition coefficient (Wildman–Crippen LogP) is 2.64. The highest BCUT2D eigenvalue weighted by molar-refractivity contribution is 7.99. The van der Waals surface area contributed by atoms with Crippen LogP contribution in [0.25, 0.3) is 0 Å². The van der Waals surface area contributed by atoms with E-state index in [4.69, 9.17) is 10.8 Å². The average molecular weight is 265 g/mol. The lowest BCUT2D eigenvalue weighted by Crippen LogP contribution is -2.12. The van der Waals surface area contributed by atoms with E-state index in [1.54, 1.807) is 6.07 Å². The molecule has 0 atom stereocenters. The quantitative estimate of drug-likeness (QED) is 0.635. The number of hydrogen-bond donors (Lipinski definition) is 2. The Morgan fingerprint density at radius 2 is 2.00 bits per heavy atom. The molecule has 3 N–H and O–H groups in total. The zero-order chi connectivity index (χ0) is 12.9. The van der Waals surface area contributed by atoms with Crippen molar-refractivity contribution in [3.8, 4) is 0 Å². The lowest BCUT2D eigenvalue weighted by atomic mass is 10.1. The molecule has 1 rings (SSSR count). The van der Waals surface area contributed by atoms with Gasteiger partial charge in [0.05, 0.1) is 5.56 Å². The molecular formula is C11H14F3NOS. The van der Waals surface area contributed by atoms with Crippen LogP contribution in [-0.4, -0.2) is 17.5 Å². The SMILES string of the molecule is NCc1ccc(SCCCO)cc1C(F)(F)F. The summed E-state index contributed by atoms with van der Waals surface area (Å²) in [5, 5.41) is 8.60. The van der Waals surface area contributed by atoms with Crippen molar-refractivity contribution in [1.82, 2.24) is 0 Å². The van der Waals surface area contributed by atoms with Gasteiger partial charge in [-0.3, -0.25) is 0 Å². The molecule has 0 aromatic heterocycles. The fourth-order valence-corrected chi connectivity index (χ4v) is 2.22. The molecule has 0 spiro atoms. The second-order valence-electron chi connectivity index (χ2n) is 3.45. The van der Waals surface area contributed by atoms with Gasteiger partial charge in [0.1, 0.15) is 0 Å². The monoisotopic (exact) mass is 265 g/mol. The van der Waals surface area contributed by atoms with Gasteiger partial charge in [-0.15, -0.1) is 11.8 Å². The van der Waals surface area contributed by atoms with Crippen LogP contribution >= 0.6 is 11.8 Å². The lowest BCUT2D eigenvalue weighted by molar-refractivity contribution is -0.138. The van der Waals surface area contributed by atoms with Gasteiger partial charge in [-0.1, -0.05) is 6.07 Å². The van der Waals surface area contributed by atoms with Gasteiger partial charge in [0.15, 0.2) is 0 Å². The Balaban J connectivity index is 2.89. The highest BCUT2D eigenvalue weighted by Crippen LogP contribution is 2.34. The second kappa shape index (κ2) is 6.28. The summed E-state index contributed by atoms with van der Waals surface area (Å²) >= 11 is 1.29. The van der Waals surface area contributed by atoms with Gasteiger partial charge in [-0.25, -0.2) is 0 Å². The summed E-state index contributed by atoms with van der Waals surface area (Å²) in [4.78, 5) is 0.544. The summed E-state index contributed by atoms with van der Waals surface area (Å²) in [5.74, 6) is 0.593. The first-order chi connectivity index (χ1) is 7.99. The van der Waals surface area contributed by atoms with Crippen LogP contribution in [0.4, 0.5) is 13.2 Å². The van der Waals surface area contributed by atoms with Gasteiger partial charge in [0.25, 0.3) is 0 Å². The third-order valence-electron chi connectivity index (χ3n) is 2.18. The van der Waals surface area contributed by atoms with Crippen molar-refractivity contribution in [2.75, 3.05) is 12.4 Å². The number of rotatable bonds is 5. The molecule has 0 aliphatic carbocycles. The third-order valence-corrected chi connectivity index (χ3v) is 3.26. The van der Waals surface area contributed by atoms with Crippen molar-refractivity contribution in [2.45, 2.75) is 24.0 Å². The van der Waals surface area contributed by atoms with Gasteiger partial charge in [0, 0.05) is 23.8 Å². The van der Waals surface area contributed by atoms with Gasteiger partial charge in [0.2, 0.25) is 0 Å². The summed E-state index contributed by atoms with van der Waals surface area (Å²) in [6, 6.07) is 4.15. The topological polar surface area (TPSA) is 46.2 Å². The molecular weight excluding hydrogens is 251 g/mol. The number of benzene rings is 1. The van der Waals surface area contributed by atoms with E-state index in [2.05, 4.69) is 0 Å². The summed E-state index contributed by atoms with van der Waals surface area (Å²) in [5.41, 5.74) is 4.71. The fourth-order valence-electron chi connectivity index (χ4n) is 1.34. The molecule has 0 bridgehead atoms. The van der Waals surface area contributed by atoms with Gasteiger partial charge >= 0.3 is 6.18 Å². The van der Waals surface area contributed by atoms with Crippen LogP contribution in [0, 0.1) is 0 Å². The first kappa shape index (κ1) is 14.3. The molecule has 0 aliphatic rings. The van der Waals surface area contributed by atoms with E-state index in [0.29, 0.717) is 17.1 Å². The van der Waals surface area contributed by atoms with Crippen LogP contribution in [0.2, 0.25) is 0 Å². The van der Waals surface area contributed by atoms with E-state index in [0.717, 1.165) is 6.07 Å². The highest BCUT2D eigenvalue weighted by Gasteiger charge is 2.33. The Bertz CT molecular complexity index is 368. The molecule has 0 amide bonds. The lowest BCUT2D eigenvalue weighted by Gasteiger charge is -2.13. The number of alkyl halides is 3. The Morgan fingerprint density at radius 3 is 2.53 bits per heavy atom. The number of halogens is 3. The Hall–Kier alpha value is -0.720. The minimum absolute atomic E-state index is 0.0417. The molecule has 0 fully saturated rings. The zero-order valence-corrected chi connectivity index (χ0v) is 9.94. The van der Waals surface area contributed by atoms with Crippen LogP contribution in [0.5, 0.6) is 0 Å². The summed E-state index contributed by atoms with van der Waals surface area (Å²) < 4.78 is 38.1. The molecule has 1 aromatic rings. The standard InChI is InChI=1S/C11H14F3NOS/c12-11(13,14)10-6-9(17-5-1-4-16)3-2-8(10)7-15/h2-3,6,16H,1,4-5,7,15H2.